The van der Waals surface area contributed by atoms with Gasteiger partial charge in [0.25, 0.3) is 5.56 Å². The predicted octanol–water partition coefficient (Wildman–Crippen LogP) is 2.24. The van der Waals surface area contributed by atoms with Crippen LogP contribution in [0.1, 0.15) is 30.3 Å². The number of aromatic amines is 1. The third kappa shape index (κ3) is 2.41. The van der Waals surface area contributed by atoms with E-state index < -0.39 is 0 Å². The summed E-state index contributed by atoms with van der Waals surface area (Å²) in [5.41, 5.74) is 8.07. The van der Waals surface area contributed by atoms with Crippen molar-refractivity contribution in [1.29, 1.82) is 0 Å². The molecule has 0 amide bonds. The minimum atomic E-state index is -0.0629. The zero-order valence-electron chi connectivity index (χ0n) is 11.5. The van der Waals surface area contributed by atoms with Gasteiger partial charge in [0.1, 0.15) is 10.5 Å². The quantitative estimate of drug-likeness (QED) is 0.776. The Hall–Kier alpha value is -1.92. The van der Waals surface area contributed by atoms with Gasteiger partial charge in [-0.1, -0.05) is 0 Å². The third-order valence-electron chi connectivity index (χ3n) is 3.98. The van der Waals surface area contributed by atoms with Gasteiger partial charge in [-0.3, -0.25) is 4.79 Å². The Kier molecular flexibility index (Phi) is 2.94. The van der Waals surface area contributed by atoms with Crippen molar-refractivity contribution in [3.63, 3.8) is 0 Å². The highest BCUT2D eigenvalue weighted by molar-refractivity contribution is 7.17. The Balaban J connectivity index is 1.60. The summed E-state index contributed by atoms with van der Waals surface area (Å²) in [4.78, 5) is 19.3. The summed E-state index contributed by atoms with van der Waals surface area (Å²) >= 11 is 1.42. The fourth-order valence-electron chi connectivity index (χ4n) is 2.65. The van der Waals surface area contributed by atoms with Crippen LogP contribution in [0.25, 0.3) is 10.2 Å². The molecule has 108 valence electrons. The van der Waals surface area contributed by atoms with Gasteiger partial charge in [0.2, 0.25) is 0 Å². The molecule has 0 radical (unpaired) electrons. The highest BCUT2D eigenvalue weighted by Crippen LogP contribution is 2.39. The summed E-state index contributed by atoms with van der Waals surface area (Å²) in [5, 5.41) is 1.89. The van der Waals surface area contributed by atoms with Gasteiger partial charge in [0.15, 0.2) is 0 Å². The molecule has 1 aliphatic carbocycles. The molecule has 0 aliphatic heterocycles. The van der Waals surface area contributed by atoms with Crippen molar-refractivity contribution in [3.8, 4) is 0 Å². The summed E-state index contributed by atoms with van der Waals surface area (Å²) in [5.74, 6) is 1.31. The number of hydrogen-bond acceptors (Lipinski definition) is 4. The van der Waals surface area contributed by atoms with E-state index >= 15 is 0 Å². The van der Waals surface area contributed by atoms with E-state index in [4.69, 9.17) is 5.73 Å². The van der Waals surface area contributed by atoms with Gasteiger partial charge >= 0.3 is 0 Å². The number of aromatic nitrogens is 3. The van der Waals surface area contributed by atoms with E-state index in [-0.39, 0.29) is 11.6 Å². The molecule has 1 atom stereocenters. The molecule has 6 heteroatoms. The molecular weight excluding hydrogens is 284 g/mol. The molecule has 5 nitrogen and oxygen atoms in total. The summed E-state index contributed by atoms with van der Waals surface area (Å²) in [6, 6.07) is 4.07. The summed E-state index contributed by atoms with van der Waals surface area (Å²) < 4.78 is 2.70. The van der Waals surface area contributed by atoms with E-state index in [1.165, 1.54) is 24.2 Å². The van der Waals surface area contributed by atoms with Gasteiger partial charge in [-0.05, 0) is 41.8 Å². The van der Waals surface area contributed by atoms with Crippen LogP contribution in [0.15, 0.2) is 34.7 Å². The van der Waals surface area contributed by atoms with Crippen molar-refractivity contribution in [2.24, 2.45) is 11.7 Å². The third-order valence-corrected chi connectivity index (χ3v) is 4.89. The minimum absolute atomic E-state index is 0.0629. The second-order valence-electron chi connectivity index (χ2n) is 5.63. The van der Waals surface area contributed by atoms with Crippen LogP contribution in [0.4, 0.5) is 0 Å². The first-order valence-electron chi connectivity index (χ1n) is 7.08. The summed E-state index contributed by atoms with van der Waals surface area (Å²) in [6.45, 7) is 0.554. The van der Waals surface area contributed by atoms with Gasteiger partial charge in [0, 0.05) is 18.4 Å². The molecule has 21 heavy (non-hydrogen) atoms. The van der Waals surface area contributed by atoms with Crippen LogP contribution in [0.2, 0.25) is 0 Å². The maximum Gasteiger partial charge on any atom is 0.268 e. The van der Waals surface area contributed by atoms with Crippen molar-refractivity contribution in [2.45, 2.75) is 25.4 Å². The van der Waals surface area contributed by atoms with E-state index in [1.807, 2.05) is 22.2 Å². The Labute approximate surface area is 125 Å². The zero-order valence-corrected chi connectivity index (χ0v) is 12.3. The molecule has 1 aliphatic rings. The molecule has 0 bridgehead atoms. The lowest BCUT2D eigenvalue weighted by Crippen LogP contribution is -2.13. The number of hydrogen-bond donors (Lipinski definition) is 2. The van der Waals surface area contributed by atoms with Crippen LogP contribution in [0.5, 0.6) is 0 Å². The number of fused-ring (bicyclic) bond motifs is 1. The van der Waals surface area contributed by atoms with Crippen molar-refractivity contribution >= 4 is 21.6 Å². The number of thiophene rings is 1. The SMILES string of the molecule is NC(c1ccn(Cc2nc3ccsc3c(=O)[nH]2)c1)C1CC1. The standard InChI is InChI=1S/C15H16N4OS/c16-13(9-1-2-9)10-3-5-19(7-10)8-12-17-11-4-6-21-14(11)15(20)18-12/h3-7,9,13H,1-2,8,16H2,(H,17,18,20). The molecule has 0 saturated heterocycles. The summed E-state index contributed by atoms with van der Waals surface area (Å²) in [7, 11) is 0. The average Bonchev–Trinajstić information content (AvgIpc) is 3.01. The first-order chi connectivity index (χ1) is 10.2. The number of H-pyrrole nitrogens is 1. The largest absolute Gasteiger partial charge is 0.346 e. The van der Waals surface area contributed by atoms with Crippen molar-refractivity contribution in [2.75, 3.05) is 0 Å². The Morgan fingerprint density at radius 2 is 2.33 bits per heavy atom. The van der Waals surface area contributed by atoms with Crippen LogP contribution in [0.3, 0.4) is 0 Å². The van der Waals surface area contributed by atoms with Crippen LogP contribution in [-0.4, -0.2) is 14.5 Å². The molecule has 3 aromatic rings. The Morgan fingerprint density at radius 3 is 3.14 bits per heavy atom. The monoisotopic (exact) mass is 300 g/mol. The van der Waals surface area contributed by atoms with Crippen molar-refractivity contribution in [1.82, 2.24) is 14.5 Å². The predicted molar refractivity (Wildman–Crippen MR) is 83.4 cm³/mol. The molecule has 4 rings (SSSR count). The smallest absolute Gasteiger partial charge is 0.268 e. The maximum atomic E-state index is 11.9. The van der Waals surface area contributed by atoms with Crippen molar-refractivity contribution < 1.29 is 0 Å². The number of rotatable bonds is 4. The molecule has 1 unspecified atom stereocenters. The van der Waals surface area contributed by atoms with Crippen molar-refractivity contribution in [3.05, 3.63) is 51.6 Å². The molecule has 3 aromatic heterocycles. The number of nitrogens with one attached hydrogen (secondary N) is 1. The van der Waals surface area contributed by atoms with Gasteiger partial charge in [-0.2, -0.15) is 0 Å². The second-order valence-corrected chi connectivity index (χ2v) is 6.54. The minimum Gasteiger partial charge on any atom is -0.346 e. The van der Waals surface area contributed by atoms with Crippen LogP contribution in [-0.2, 0) is 6.54 Å². The fourth-order valence-corrected chi connectivity index (χ4v) is 3.38. The highest BCUT2D eigenvalue weighted by atomic mass is 32.1. The molecule has 0 aromatic carbocycles. The van der Waals surface area contributed by atoms with Gasteiger partial charge in [-0.25, -0.2) is 4.98 Å². The van der Waals surface area contributed by atoms with Crippen LogP contribution >= 0.6 is 11.3 Å². The lowest BCUT2D eigenvalue weighted by atomic mass is 10.1. The number of nitrogens with two attached hydrogens (primary N) is 1. The van der Waals surface area contributed by atoms with E-state index in [0.717, 1.165) is 11.1 Å². The van der Waals surface area contributed by atoms with Gasteiger partial charge in [-0.15, -0.1) is 11.3 Å². The van der Waals surface area contributed by atoms with E-state index in [2.05, 4.69) is 22.2 Å². The van der Waals surface area contributed by atoms with Crippen LogP contribution in [0, 0.1) is 5.92 Å². The average molecular weight is 300 g/mol. The first-order valence-corrected chi connectivity index (χ1v) is 7.96. The number of nitrogens with zero attached hydrogens (tertiary/aromatic N) is 2. The van der Waals surface area contributed by atoms with E-state index in [1.54, 1.807) is 0 Å². The Bertz CT molecular complexity index is 843. The normalized spacial score (nSPS) is 16.4. The molecule has 1 fully saturated rings. The second kappa shape index (κ2) is 4.82. The van der Waals surface area contributed by atoms with E-state index in [0.29, 0.717) is 23.0 Å². The molecule has 1 saturated carbocycles. The van der Waals surface area contributed by atoms with Crippen LogP contribution < -0.4 is 11.3 Å². The molecule has 0 spiro atoms. The lowest BCUT2D eigenvalue weighted by Gasteiger charge is -2.07. The highest BCUT2D eigenvalue weighted by Gasteiger charge is 2.29. The van der Waals surface area contributed by atoms with Gasteiger partial charge < -0.3 is 15.3 Å². The van der Waals surface area contributed by atoms with E-state index in [9.17, 15) is 4.79 Å². The van der Waals surface area contributed by atoms with Gasteiger partial charge in [0.05, 0.1) is 12.1 Å². The topological polar surface area (TPSA) is 76.7 Å². The Morgan fingerprint density at radius 1 is 1.48 bits per heavy atom. The lowest BCUT2D eigenvalue weighted by molar-refractivity contribution is 0.630. The molecule has 3 N–H and O–H groups in total. The zero-order chi connectivity index (χ0) is 14.4. The first kappa shape index (κ1) is 12.8. The fraction of sp³-hybridized carbons (Fsp3) is 0.333. The maximum absolute atomic E-state index is 11.9. The molecular formula is C15H16N4OS. The summed E-state index contributed by atoms with van der Waals surface area (Å²) in [6.07, 6.45) is 6.52. The molecule has 3 heterocycles.